The van der Waals surface area contributed by atoms with Crippen LogP contribution in [0.25, 0.3) is 11.0 Å². The van der Waals surface area contributed by atoms with E-state index in [4.69, 9.17) is 17.0 Å². The van der Waals surface area contributed by atoms with Crippen LogP contribution in [-0.4, -0.2) is 22.0 Å². The number of hydrogen-bond donors (Lipinski definition) is 3. The van der Waals surface area contributed by atoms with Gasteiger partial charge in [-0.1, -0.05) is 6.07 Å². The van der Waals surface area contributed by atoms with Crippen molar-refractivity contribution in [1.29, 1.82) is 0 Å². The Bertz CT molecular complexity index is 1020. The monoisotopic (exact) mass is 371 g/mol. The topological polar surface area (TPSA) is 69.9 Å². The van der Waals surface area contributed by atoms with Crippen LogP contribution < -0.4 is 10.1 Å². The van der Waals surface area contributed by atoms with E-state index in [2.05, 4.69) is 15.3 Å². The highest BCUT2D eigenvalue weighted by atomic mass is 32.1. The first-order valence-electron chi connectivity index (χ1n) is 8.58. The zero-order valence-corrected chi connectivity index (χ0v) is 14.8. The second-order valence-corrected chi connectivity index (χ2v) is 6.87. The predicted molar refractivity (Wildman–Crippen MR) is 101 cm³/mol. The quantitative estimate of drug-likeness (QED) is 0.569. The van der Waals surface area contributed by atoms with E-state index >= 15 is 0 Å². The Kier molecular flexibility index (Phi) is 4.46. The fraction of sp³-hybridized carbons (Fsp3) is 0.263. The van der Waals surface area contributed by atoms with Crippen LogP contribution >= 0.6 is 12.2 Å². The lowest BCUT2D eigenvalue weighted by molar-refractivity contribution is 0.102. The van der Waals surface area contributed by atoms with E-state index in [1.54, 1.807) is 12.1 Å². The summed E-state index contributed by atoms with van der Waals surface area (Å²) >= 11 is 5.04. The Hall–Kier alpha value is -2.67. The molecule has 0 saturated heterocycles. The summed E-state index contributed by atoms with van der Waals surface area (Å²) in [5.41, 5.74) is 1.72. The molecule has 0 spiro atoms. The molecule has 1 fully saturated rings. The van der Waals surface area contributed by atoms with Crippen LogP contribution in [-0.2, 0) is 0 Å². The largest absolute Gasteiger partial charge is 0.490 e. The van der Waals surface area contributed by atoms with E-state index in [1.807, 2.05) is 12.1 Å². The number of H-pyrrole nitrogens is 2. The molecule has 1 aliphatic carbocycles. The molecule has 1 heterocycles. The molecule has 5 nitrogen and oxygen atoms in total. The third-order valence-corrected chi connectivity index (χ3v) is 4.74. The minimum atomic E-state index is -0.508. The third kappa shape index (κ3) is 3.48. The highest BCUT2D eigenvalue weighted by Crippen LogP contribution is 2.26. The van der Waals surface area contributed by atoms with Gasteiger partial charge in [0.05, 0.1) is 22.7 Å². The highest BCUT2D eigenvalue weighted by Gasteiger charge is 2.17. The van der Waals surface area contributed by atoms with Gasteiger partial charge in [-0.05, 0) is 62.2 Å². The van der Waals surface area contributed by atoms with E-state index in [0.29, 0.717) is 21.5 Å². The molecule has 2 aromatic carbocycles. The maximum absolute atomic E-state index is 13.8. The molecule has 3 N–H and O–H groups in total. The van der Waals surface area contributed by atoms with Crippen molar-refractivity contribution in [2.24, 2.45) is 0 Å². The van der Waals surface area contributed by atoms with Gasteiger partial charge in [-0.25, -0.2) is 4.39 Å². The maximum atomic E-state index is 13.8. The average molecular weight is 371 g/mol. The number of benzene rings is 2. The zero-order chi connectivity index (χ0) is 18.1. The number of amides is 1. The van der Waals surface area contributed by atoms with E-state index in [9.17, 15) is 9.18 Å². The van der Waals surface area contributed by atoms with Gasteiger partial charge in [-0.3, -0.25) is 4.79 Å². The fourth-order valence-electron chi connectivity index (χ4n) is 3.33. The summed E-state index contributed by atoms with van der Waals surface area (Å²) in [6, 6.07) is 9.74. The number of nitrogens with one attached hydrogen (secondary N) is 3. The SMILES string of the molecule is O=C(Nc1cccc(OC2CCCC2)c1)c1cc(F)cc2[nH]c(=S)[nH]c12. The van der Waals surface area contributed by atoms with Crippen LogP contribution in [0.1, 0.15) is 36.0 Å². The van der Waals surface area contributed by atoms with Gasteiger partial charge in [-0.2, -0.15) is 0 Å². The van der Waals surface area contributed by atoms with Crippen molar-refractivity contribution in [2.45, 2.75) is 31.8 Å². The number of carbonyl (C=O) groups is 1. The average Bonchev–Trinajstić information content (AvgIpc) is 3.23. The third-order valence-electron chi connectivity index (χ3n) is 4.53. The van der Waals surface area contributed by atoms with Crippen LogP contribution in [0.2, 0.25) is 0 Å². The van der Waals surface area contributed by atoms with Gasteiger partial charge in [0.15, 0.2) is 4.77 Å². The molecule has 1 aliphatic rings. The minimum absolute atomic E-state index is 0.189. The molecular weight excluding hydrogens is 353 g/mol. The standard InChI is InChI=1S/C19H18FN3O2S/c20-11-8-15(17-16(9-11)22-19(26)23-17)18(24)21-12-4-3-7-14(10-12)25-13-5-1-2-6-13/h3-4,7-10,13H,1-2,5-6H2,(H,21,24)(H2,22,23,26). The van der Waals surface area contributed by atoms with Gasteiger partial charge < -0.3 is 20.0 Å². The molecule has 0 radical (unpaired) electrons. The second-order valence-electron chi connectivity index (χ2n) is 6.46. The number of halogens is 1. The van der Waals surface area contributed by atoms with E-state index in [1.165, 1.54) is 25.0 Å². The number of ether oxygens (including phenoxy) is 1. The molecule has 1 saturated carbocycles. The number of aromatic nitrogens is 2. The molecule has 0 bridgehead atoms. The normalized spacial score (nSPS) is 14.7. The second kappa shape index (κ2) is 6.92. The first-order chi connectivity index (χ1) is 12.6. The Labute approximate surface area is 154 Å². The van der Waals surface area contributed by atoms with Gasteiger partial charge in [0.25, 0.3) is 5.91 Å². The van der Waals surface area contributed by atoms with Gasteiger partial charge in [0, 0.05) is 11.8 Å². The lowest BCUT2D eigenvalue weighted by Crippen LogP contribution is -2.14. The number of imidazole rings is 1. The van der Waals surface area contributed by atoms with Crippen LogP contribution in [0, 0.1) is 10.6 Å². The first-order valence-corrected chi connectivity index (χ1v) is 8.99. The summed E-state index contributed by atoms with van der Waals surface area (Å²) < 4.78 is 20.1. The summed E-state index contributed by atoms with van der Waals surface area (Å²) in [6.45, 7) is 0. The number of hydrogen-bond acceptors (Lipinski definition) is 3. The van der Waals surface area contributed by atoms with Crippen molar-refractivity contribution in [3.63, 3.8) is 0 Å². The van der Waals surface area contributed by atoms with Crippen molar-refractivity contribution in [1.82, 2.24) is 9.97 Å². The lowest BCUT2D eigenvalue weighted by Gasteiger charge is -2.14. The van der Waals surface area contributed by atoms with Crippen molar-refractivity contribution in [2.75, 3.05) is 5.32 Å². The molecule has 26 heavy (non-hydrogen) atoms. The molecule has 0 aliphatic heterocycles. The molecule has 1 amide bonds. The number of anilines is 1. The van der Waals surface area contributed by atoms with E-state index in [0.717, 1.165) is 18.6 Å². The Morgan fingerprint density at radius 3 is 2.81 bits per heavy atom. The Morgan fingerprint density at radius 1 is 1.19 bits per heavy atom. The summed E-state index contributed by atoms with van der Waals surface area (Å²) in [5.74, 6) is -0.205. The number of carbonyl (C=O) groups excluding carboxylic acids is 1. The fourth-order valence-corrected chi connectivity index (χ4v) is 3.54. The zero-order valence-electron chi connectivity index (χ0n) is 14.0. The summed E-state index contributed by atoms with van der Waals surface area (Å²) in [6.07, 6.45) is 4.74. The molecular formula is C19H18FN3O2S. The van der Waals surface area contributed by atoms with Gasteiger partial charge in [-0.15, -0.1) is 0 Å². The van der Waals surface area contributed by atoms with E-state index < -0.39 is 11.7 Å². The van der Waals surface area contributed by atoms with Gasteiger partial charge in [0.1, 0.15) is 11.6 Å². The predicted octanol–water partition coefficient (Wildman–Crippen LogP) is 4.94. The first kappa shape index (κ1) is 16.8. The van der Waals surface area contributed by atoms with Gasteiger partial charge in [0.2, 0.25) is 0 Å². The Morgan fingerprint density at radius 2 is 2.00 bits per heavy atom. The lowest BCUT2D eigenvalue weighted by atomic mass is 10.1. The summed E-state index contributed by atoms with van der Waals surface area (Å²) in [5, 5.41) is 2.80. The number of aromatic amines is 2. The number of rotatable bonds is 4. The van der Waals surface area contributed by atoms with Crippen molar-refractivity contribution in [3.05, 3.63) is 52.5 Å². The summed E-state index contributed by atoms with van der Waals surface area (Å²) in [4.78, 5) is 18.4. The van der Waals surface area contributed by atoms with E-state index in [-0.39, 0.29) is 11.7 Å². The summed E-state index contributed by atoms with van der Waals surface area (Å²) in [7, 11) is 0. The van der Waals surface area contributed by atoms with Crippen molar-refractivity contribution in [3.8, 4) is 5.75 Å². The number of fused-ring (bicyclic) bond motifs is 1. The molecule has 1 aromatic heterocycles. The van der Waals surface area contributed by atoms with Crippen LogP contribution in [0.4, 0.5) is 10.1 Å². The molecule has 7 heteroatoms. The minimum Gasteiger partial charge on any atom is -0.490 e. The van der Waals surface area contributed by atoms with Crippen molar-refractivity contribution < 1.29 is 13.9 Å². The van der Waals surface area contributed by atoms with Crippen LogP contribution in [0.3, 0.4) is 0 Å². The molecule has 134 valence electrons. The van der Waals surface area contributed by atoms with Gasteiger partial charge >= 0.3 is 0 Å². The Balaban J connectivity index is 1.57. The highest BCUT2D eigenvalue weighted by molar-refractivity contribution is 7.71. The molecule has 4 rings (SSSR count). The molecule has 0 atom stereocenters. The van der Waals surface area contributed by atoms with Crippen LogP contribution in [0.5, 0.6) is 5.75 Å². The van der Waals surface area contributed by atoms with Crippen LogP contribution in [0.15, 0.2) is 36.4 Å². The smallest absolute Gasteiger partial charge is 0.257 e. The molecule has 0 unspecified atom stereocenters. The molecule has 3 aromatic rings. The maximum Gasteiger partial charge on any atom is 0.257 e. The van der Waals surface area contributed by atoms with Crippen molar-refractivity contribution >= 4 is 34.8 Å².